The van der Waals surface area contributed by atoms with E-state index < -0.39 is 17.8 Å². The van der Waals surface area contributed by atoms with Gasteiger partial charge in [0.05, 0.1) is 29.9 Å². The van der Waals surface area contributed by atoms with Gasteiger partial charge in [-0.15, -0.1) is 0 Å². The number of carbonyl (C=O) groups is 3. The van der Waals surface area contributed by atoms with Crippen LogP contribution in [0.1, 0.15) is 33.2 Å². The summed E-state index contributed by atoms with van der Waals surface area (Å²) in [5, 5.41) is 21.1. The van der Waals surface area contributed by atoms with Crippen LogP contribution < -0.4 is 19.5 Å². The number of halogens is 1. The molecule has 3 aromatic rings. The molecule has 1 amide bonds. The van der Waals surface area contributed by atoms with Gasteiger partial charge in [-0.3, -0.25) is 4.79 Å². The molecule has 10 heteroatoms. The van der Waals surface area contributed by atoms with Crippen molar-refractivity contribution in [1.82, 2.24) is 0 Å². The summed E-state index contributed by atoms with van der Waals surface area (Å²) in [6.07, 6.45) is 1.30. The second-order valence-corrected chi connectivity index (χ2v) is 7.79. The largest absolute Gasteiger partial charge is 0.497 e. The maximum atomic E-state index is 12.6. The van der Waals surface area contributed by atoms with Crippen molar-refractivity contribution in [2.45, 2.75) is 6.92 Å². The number of carboxylic acid groups (broad SMARTS) is 1. The Bertz CT molecular complexity index is 1390. The Morgan fingerprint density at radius 3 is 2.27 bits per heavy atom. The summed E-state index contributed by atoms with van der Waals surface area (Å²) in [7, 11) is 1.51. The van der Waals surface area contributed by atoms with E-state index in [0.29, 0.717) is 17.0 Å². The molecule has 0 fully saturated rings. The van der Waals surface area contributed by atoms with Crippen molar-refractivity contribution < 1.29 is 33.7 Å². The number of benzene rings is 3. The second kappa shape index (κ2) is 12.2. The Kier molecular flexibility index (Phi) is 8.86. The van der Waals surface area contributed by atoms with Crippen LogP contribution in [0.5, 0.6) is 17.2 Å². The van der Waals surface area contributed by atoms with Gasteiger partial charge in [0.1, 0.15) is 17.4 Å². The van der Waals surface area contributed by atoms with Gasteiger partial charge in [-0.25, -0.2) is 9.59 Å². The van der Waals surface area contributed by atoms with E-state index in [2.05, 4.69) is 5.32 Å². The lowest BCUT2D eigenvalue weighted by Gasteiger charge is -2.14. The van der Waals surface area contributed by atoms with Crippen LogP contribution in [-0.4, -0.2) is 36.7 Å². The van der Waals surface area contributed by atoms with Crippen LogP contribution in [0.25, 0.3) is 6.08 Å². The molecular formula is C27H21ClN2O7. The number of amides is 1. The summed E-state index contributed by atoms with van der Waals surface area (Å²) >= 11 is 6.39. The summed E-state index contributed by atoms with van der Waals surface area (Å²) < 4.78 is 16.2. The first kappa shape index (κ1) is 26.8. The molecule has 0 aliphatic heterocycles. The van der Waals surface area contributed by atoms with Crippen molar-refractivity contribution in [2.75, 3.05) is 19.0 Å². The third kappa shape index (κ3) is 6.87. The molecular weight excluding hydrogens is 500 g/mol. The molecule has 3 rings (SSSR count). The Hall–Kier alpha value is -4.81. The number of ether oxygens (including phenoxy) is 3. The zero-order chi connectivity index (χ0) is 26.9. The van der Waals surface area contributed by atoms with Crippen molar-refractivity contribution in [2.24, 2.45) is 0 Å². The van der Waals surface area contributed by atoms with Crippen molar-refractivity contribution in [1.29, 1.82) is 5.26 Å². The zero-order valence-electron chi connectivity index (χ0n) is 19.8. The smallest absolute Gasteiger partial charge is 0.343 e. The fraction of sp³-hybridized carbons (Fsp3) is 0.111. The summed E-state index contributed by atoms with van der Waals surface area (Å²) in [4.78, 5) is 36.2. The number of carboxylic acids is 1. The van der Waals surface area contributed by atoms with Gasteiger partial charge < -0.3 is 24.6 Å². The number of rotatable bonds is 9. The molecule has 2 N–H and O–H groups in total. The van der Waals surface area contributed by atoms with Crippen LogP contribution in [0.3, 0.4) is 0 Å². The van der Waals surface area contributed by atoms with E-state index in [0.717, 1.165) is 0 Å². The maximum Gasteiger partial charge on any atom is 0.343 e. The monoisotopic (exact) mass is 520 g/mol. The third-order valence-corrected chi connectivity index (χ3v) is 5.20. The Morgan fingerprint density at radius 2 is 1.70 bits per heavy atom. The first-order chi connectivity index (χ1) is 17.7. The van der Waals surface area contributed by atoms with Gasteiger partial charge in [0.15, 0.2) is 11.5 Å². The Morgan fingerprint density at radius 1 is 1.05 bits per heavy atom. The Labute approximate surface area is 217 Å². The van der Waals surface area contributed by atoms with E-state index in [9.17, 15) is 19.6 Å². The molecule has 0 unspecified atom stereocenters. The summed E-state index contributed by atoms with van der Waals surface area (Å²) in [5.74, 6) is -1.77. The van der Waals surface area contributed by atoms with Gasteiger partial charge in [0, 0.05) is 5.69 Å². The average Bonchev–Trinajstić information content (AvgIpc) is 2.89. The van der Waals surface area contributed by atoms with Crippen LogP contribution >= 0.6 is 11.6 Å². The quantitative estimate of drug-likeness (QED) is 0.170. The number of anilines is 1. The van der Waals surface area contributed by atoms with Gasteiger partial charge in [0.2, 0.25) is 0 Å². The molecule has 3 aromatic carbocycles. The molecule has 37 heavy (non-hydrogen) atoms. The molecule has 0 spiro atoms. The molecule has 0 saturated carbocycles. The van der Waals surface area contributed by atoms with E-state index in [1.165, 1.54) is 49.6 Å². The molecule has 0 aliphatic rings. The molecule has 0 bridgehead atoms. The Balaban J connectivity index is 1.85. The SMILES string of the molecule is CCOc1cc(/C=C(\C#N)C(=O)Nc2ccc(C(=O)O)cc2)cc(Cl)c1OC(=O)c1ccc(OC)cc1. The molecule has 9 nitrogen and oxygen atoms in total. The fourth-order valence-corrected chi connectivity index (χ4v) is 3.38. The minimum atomic E-state index is -1.10. The van der Waals surface area contributed by atoms with Gasteiger partial charge in [0.25, 0.3) is 5.91 Å². The highest BCUT2D eigenvalue weighted by Gasteiger charge is 2.19. The summed E-state index contributed by atoms with van der Waals surface area (Å²) in [6, 6.07) is 16.5. The number of esters is 1. The number of hydrogen-bond donors (Lipinski definition) is 2. The van der Waals surface area contributed by atoms with Crippen molar-refractivity contribution in [3.63, 3.8) is 0 Å². The van der Waals surface area contributed by atoms with E-state index in [4.69, 9.17) is 30.9 Å². The zero-order valence-corrected chi connectivity index (χ0v) is 20.5. The second-order valence-electron chi connectivity index (χ2n) is 7.39. The van der Waals surface area contributed by atoms with Gasteiger partial charge in [-0.1, -0.05) is 11.6 Å². The lowest BCUT2D eigenvalue weighted by atomic mass is 10.1. The normalized spacial score (nSPS) is 10.7. The first-order valence-electron chi connectivity index (χ1n) is 10.8. The fourth-order valence-electron chi connectivity index (χ4n) is 3.12. The van der Waals surface area contributed by atoms with Crippen molar-refractivity contribution in [3.05, 3.63) is 87.9 Å². The third-order valence-electron chi connectivity index (χ3n) is 4.92. The first-order valence-corrected chi connectivity index (χ1v) is 11.2. The lowest BCUT2D eigenvalue weighted by Crippen LogP contribution is -2.13. The highest BCUT2D eigenvalue weighted by Crippen LogP contribution is 2.38. The average molecular weight is 521 g/mol. The molecule has 0 atom stereocenters. The van der Waals surface area contributed by atoms with E-state index in [-0.39, 0.29) is 39.8 Å². The van der Waals surface area contributed by atoms with E-state index >= 15 is 0 Å². The number of nitrogens with one attached hydrogen (secondary N) is 1. The molecule has 0 saturated heterocycles. The van der Waals surface area contributed by atoms with Crippen molar-refractivity contribution in [3.8, 4) is 23.3 Å². The number of nitrogens with zero attached hydrogens (tertiary/aromatic N) is 1. The molecule has 0 aliphatic carbocycles. The van der Waals surface area contributed by atoms with Crippen LogP contribution in [0.15, 0.2) is 66.2 Å². The summed E-state index contributed by atoms with van der Waals surface area (Å²) in [6.45, 7) is 1.96. The van der Waals surface area contributed by atoms with E-state index in [1.54, 1.807) is 31.2 Å². The number of hydrogen-bond acceptors (Lipinski definition) is 7. The predicted molar refractivity (Wildman–Crippen MR) is 136 cm³/mol. The standard InChI is InChI=1S/C27H21ClN2O7/c1-3-36-23-14-16(12-19(15-29)25(31)30-20-8-4-17(5-9-20)26(32)33)13-22(28)24(23)37-27(34)18-6-10-21(35-2)11-7-18/h4-14H,3H2,1-2H3,(H,30,31)(H,32,33)/b19-12+. The van der Waals surface area contributed by atoms with Crippen LogP contribution in [0.4, 0.5) is 5.69 Å². The number of nitriles is 1. The van der Waals surface area contributed by atoms with Crippen molar-refractivity contribution >= 4 is 41.2 Å². The summed E-state index contributed by atoms with van der Waals surface area (Å²) in [5.41, 5.74) is 0.738. The number of carbonyl (C=O) groups excluding carboxylic acids is 2. The number of methoxy groups -OCH3 is 1. The molecule has 0 radical (unpaired) electrons. The van der Waals surface area contributed by atoms with Gasteiger partial charge in [-0.05, 0) is 79.2 Å². The minimum Gasteiger partial charge on any atom is -0.497 e. The molecule has 188 valence electrons. The van der Waals surface area contributed by atoms with Crippen LogP contribution in [0.2, 0.25) is 5.02 Å². The number of aromatic carboxylic acids is 1. The van der Waals surface area contributed by atoms with E-state index in [1.807, 2.05) is 6.07 Å². The molecule has 0 heterocycles. The van der Waals surface area contributed by atoms with Gasteiger partial charge in [-0.2, -0.15) is 5.26 Å². The van der Waals surface area contributed by atoms with Crippen LogP contribution in [0, 0.1) is 11.3 Å². The minimum absolute atomic E-state index is 0.0111. The predicted octanol–water partition coefficient (Wildman–Crippen LogP) is 5.21. The lowest BCUT2D eigenvalue weighted by molar-refractivity contribution is -0.112. The molecule has 0 aromatic heterocycles. The highest BCUT2D eigenvalue weighted by atomic mass is 35.5. The maximum absolute atomic E-state index is 12.6. The van der Waals surface area contributed by atoms with Gasteiger partial charge >= 0.3 is 11.9 Å². The highest BCUT2D eigenvalue weighted by molar-refractivity contribution is 6.32. The van der Waals surface area contributed by atoms with Crippen LogP contribution in [-0.2, 0) is 4.79 Å². The topological polar surface area (TPSA) is 135 Å².